The summed E-state index contributed by atoms with van der Waals surface area (Å²) in [6.45, 7) is 1.31. The molecule has 0 atom stereocenters. The molecule has 1 aromatic rings. The first-order valence-corrected chi connectivity index (χ1v) is 8.12. The number of halogens is 1. The summed E-state index contributed by atoms with van der Waals surface area (Å²) >= 11 is 1.88. The van der Waals surface area contributed by atoms with Gasteiger partial charge >= 0.3 is 0 Å². The van der Waals surface area contributed by atoms with Crippen molar-refractivity contribution in [2.45, 2.75) is 31.2 Å². The van der Waals surface area contributed by atoms with E-state index >= 15 is 0 Å². The first-order valence-electron chi connectivity index (χ1n) is 6.97. The fourth-order valence-corrected chi connectivity index (χ4v) is 3.22. The highest BCUT2D eigenvalue weighted by molar-refractivity contribution is 7.99. The number of aliphatic hydroxyl groups excluding tert-OH is 1. The molecule has 1 aliphatic carbocycles. The lowest BCUT2D eigenvalue weighted by Gasteiger charge is -2.36. The third-order valence-electron chi connectivity index (χ3n) is 3.58. The number of thioether (sulfide) groups is 1. The normalized spacial score (nSPS) is 22.2. The molecule has 4 heteroatoms. The highest BCUT2D eigenvalue weighted by Gasteiger charge is 2.29. The third kappa shape index (κ3) is 4.79. The largest absolute Gasteiger partial charge is 0.396 e. The second-order valence-corrected chi connectivity index (χ2v) is 6.29. The van der Waals surface area contributed by atoms with Crippen LogP contribution in [-0.2, 0) is 0 Å². The van der Waals surface area contributed by atoms with Gasteiger partial charge in [-0.05, 0) is 48.6 Å². The van der Waals surface area contributed by atoms with Crippen molar-refractivity contribution in [3.8, 4) is 0 Å². The molecule has 1 fully saturated rings. The smallest absolute Gasteiger partial charge is 0.123 e. The molecule has 0 saturated heterocycles. The average molecular weight is 283 g/mol. The molecule has 1 aliphatic rings. The van der Waals surface area contributed by atoms with E-state index in [1.165, 1.54) is 6.07 Å². The van der Waals surface area contributed by atoms with Gasteiger partial charge in [0.05, 0.1) is 0 Å². The van der Waals surface area contributed by atoms with Crippen LogP contribution in [0, 0.1) is 5.82 Å². The zero-order valence-electron chi connectivity index (χ0n) is 11.1. The van der Waals surface area contributed by atoms with Crippen molar-refractivity contribution in [3.05, 3.63) is 35.6 Å². The van der Waals surface area contributed by atoms with E-state index in [2.05, 4.69) is 5.32 Å². The zero-order chi connectivity index (χ0) is 13.5. The van der Waals surface area contributed by atoms with Crippen LogP contribution in [0.25, 0.3) is 0 Å². The lowest BCUT2D eigenvalue weighted by molar-refractivity contribution is 0.295. The third-order valence-corrected chi connectivity index (χ3v) is 4.65. The Morgan fingerprint density at radius 1 is 1.32 bits per heavy atom. The van der Waals surface area contributed by atoms with Crippen LogP contribution >= 0.6 is 11.8 Å². The van der Waals surface area contributed by atoms with Crippen LogP contribution < -0.4 is 5.32 Å². The van der Waals surface area contributed by atoms with Crippen LogP contribution in [-0.4, -0.2) is 35.8 Å². The van der Waals surface area contributed by atoms with Gasteiger partial charge in [-0.2, -0.15) is 11.8 Å². The minimum atomic E-state index is -0.130. The number of nitrogens with one attached hydrogen (secondary N) is 1. The molecular weight excluding hydrogens is 261 g/mol. The summed E-state index contributed by atoms with van der Waals surface area (Å²) in [7, 11) is 0. The van der Waals surface area contributed by atoms with E-state index in [4.69, 9.17) is 5.11 Å². The maximum Gasteiger partial charge on any atom is 0.123 e. The topological polar surface area (TPSA) is 32.3 Å². The van der Waals surface area contributed by atoms with Gasteiger partial charge in [-0.1, -0.05) is 12.1 Å². The van der Waals surface area contributed by atoms with Gasteiger partial charge in [-0.25, -0.2) is 4.39 Å². The molecule has 0 bridgehead atoms. The Morgan fingerprint density at radius 2 is 2.16 bits per heavy atom. The molecule has 106 valence electrons. The molecule has 0 spiro atoms. The Labute approximate surface area is 118 Å². The highest BCUT2D eigenvalue weighted by atomic mass is 32.2. The predicted molar refractivity (Wildman–Crippen MR) is 79.2 cm³/mol. The second kappa shape index (κ2) is 7.88. The van der Waals surface area contributed by atoms with Gasteiger partial charge in [0, 0.05) is 24.9 Å². The molecule has 0 aliphatic heterocycles. The Balaban J connectivity index is 1.56. The van der Waals surface area contributed by atoms with E-state index in [9.17, 15) is 4.39 Å². The summed E-state index contributed by atoms with van der Waals surface area (Å²) in [6.07, 6.45) is 3.12. The Hall–Kier alpha value is -0.580. The van der Waals surface area contributed by atoms with Crippen molar-refractivity contribution in [3.63, 3.8) is 0 Å². The first kappa shape index (κ1) is 14.8. The van der Waals surface area contributed by atoms with E-state index in [0.717, 1.165) is 42.9 Å². The molecule has 2 nitrogen and oxygen atoms in total. The summed E-state index contributed by atoms with van der Waals surface area (Å²) in [5, 5.41) is 12.2. The van der Waals surface area contributed by atoms with Gasteiger partial charge in [-0.3, -0.25) is 0 Å². The van der Waals surface area contributed by atoms with Crippen LogP contribution in [0.2, 0.25) is 0 Å². The van der Waals surface area contributed by atoms with E-state index < -0.39 is 0 Å². The zero-order valence-corrected chi connectivity index (χ0v) is 12.0. The summed E-state index contributed by atoms with van der Waals surface area (Å²) in [6, 6.07) is 7.57. The fraction of sp³-hybridized carbons (Fsp3) is 0.600. The second-order valence-electron chi connectivity index (χ2n) is 5.06. The van der Waals surface area contributed by atoms with Crippen LogP contribution in [0.4, 0.5) is 4.39 Å². The Morgan fingerprint density at radius 3 is 2.89 bits per heavy atom. The Bertz CT molecular complexity index is 382. The van der Waals surface area contributed by atoms with Crippen molar-refractivity contribution >= 4 is 11.8 Å². The molecule has 1 saturated carbocycles. The van der Waals surface area contributed by atoms with Gasteiger partial charge in [0.15, 0.2) is 0 Å². The number of hydrogen-bond acceptors (Lipinski definition) is 3. The van der Waals surface area contributed by atoms with Crippen LogP contribution in [0.5, 0.6) is 0 Å². The molecule has 0 heterocycles. The predicted octanol–water partition coefficient (Wildman–Crippen LogP) is 2.78. The van der Waals surface area contributed by atoms with Crippen molar-refractivity contribution in [1.82, 2.24) is 5.32 Å². The first-order chi connectivity index (χ1) is 9.29. The van der Waals surface area contributed by atoms with Gasteiger partial charge < -0.3 is 10.4 Å². The summed E-state index contributed by atoms with van der Waals surface area (Å²) < 4.78 is 13.1. The SMILES string of the molecule is OCCCSCCNC1CC(c2cccc(F)c2)C1. The summed E-state index contributed by atoms with van der Waals surface area (Å²) in [5.74, 6) is 2.53. The maximum atomic E-state index is 13.1. The number of rotatable bonds is 8. The lowest BCUT2D eigenvalue weighted by Crippen LogP contribution is -2.41. The highest BCUT2D eigenvalue weighted by Crippen LogP contribution is 2.36. The van der Waals surface area contributed by atoms with Crippen molar-refractivity contribution in [2.75, 3.05) is 24.7 Å². The van der Waals surface area contributed by atoms with Crippen LogP contribution in [0.1, 0.15) is 30.7 Å². The Kier molecular flexibility index (Phi) is 6.14. The minimum Gasteiger partial charge on any atom is -0.396 e. The minimum absolute atomic E-state index is 0.130. The van der Waals surface area contributed by atoms with E-state index in [1.807, 2.05) is 17.8 Å². The maximum absolute atomic E-state index is 13.1. The number of aliphatic hydroxyl groups is 1. The fourth-order valence-electron chi connectivity index (χ4n) is 2.42. The van der Waals surface area contributed by atoms with E-state index in [-0.39, 0.29) is 5.82 Å². The molecule has 2 N–H and O–H groups in total. The molecular formula is C15H22FNOS. The van der Waals surface area contributed by atoms with E-state index in [0.29, 0.717) is 18.6 Å². The monoisotopic (exact) mass is 283 g/mol. The van der Waals surface area contributed by atoms with Crippen LogP contribution in [0.15, 0.2) is 24.3 Å². The molecule has 0 amide bonds. The van der Waals surface area contributed by atoms with Gasteiger partial charge in [0.1, 0.15) is 5.82 Å². The van der Waals surface area contributed by atoms with Crippen LogP contribution in [0.3, 0.4) is 0 Å². The molecule has 19 heavy (non-hydrogen) atoms. The molecule has 1 aromatic carbocycles. The lowest BCUT2D eigenvalue weighted by atomic mass is 9.76. The van der Waals surface area contributed by atoms with Crippen molar-refractivity contribution in [2.24, 2.45) is 0 Å². The number of benzene rings is 1. The average Bonchev–Trinajstić information content (AvgIpc) is 2.35. The van der Waals surface area contributed by atoms with Crippen molar-refractivity contribution in [1.29, 1.82) is 0 Å². The molecule has 0 aromatic heterocycles. The summed E-state index contributed by atoms with van der Waals surface area (Å²) in [4.78, 5) is 0. The standard InChI is InChI=1S/C15H22FNOS/c16-14-4-1-3-12(9-14)13-10-15(11-13)17-5-8-19-7-2-6-18/h1,3-4,9,13,15,17-18H,2,5-8,10-11H2. The quantitative estimate of drug-likeness (QED) is 0.720. The number of hydrogen-bond donors (Lipinski definition) is 2. The molecule has 0 radical (unpaired) electrons. The molecule has 2 rings (SSSR count). The van der Waals surface area contributed by atoms with Gasteiger partial charge in [0.25, 0.3) is 0 Å². The van der Waals surface area contributed by atoms with Gasteiger partial charge in [0.2, 0.25) is 0 Å². The van der Waals surface area contributed by atoms with Crippen molar-refractivity contribution < 1.29 is 9.50 Å². The van der Waals surface area contributed by atoms with Gasteiger partial charge in [-0.15, -0.1) is 0 Å². The summed E-state index contributed by atoms with van der Waals surface area (Å²) in [5.41, 5.74) is 1.13. The van der Waals surface area contributed by atoms with E-state index in [1.54, 1.807) is 12.1 Å². The molecule has 0 unspecified atom stereocenters.